The average molecular weight is 499 g/mol. The van der Waals surface area contributed by atoms with E-state index in [2.05, 4.69) is 10.4 Å². The van der Waals surface area contributed by atoms with Gasteiger partial charge in [0.15, 0.2) is 0 Å². The lowest BCUT2D eigenvalue weighted by Gasteiger charge is -2.15. The summed E-state index contributed by atoms with van der Waals surface area (Å²) in [5, 5.41) is 0.405. The molecule has 0 aliphatic rings. The fourth-order valence-corrected chi connectivity index (χ4v) is 5.60. The molecule has 2 aromatic heterocycles. The maximum atomic E-state index is 13.3. The zero-order valence-corrected chi connectivity index (χ0v) is 20.5. The van der Waals surface area contributed by atoms with Gasteiger partial charge in [-0.25, -0.2) is 22.4 Å². The summed E-state index contributed by atoms with van der Waals surface area (Å²) in [6.07, 6.45) is 1.24. The smallest absolute Gasteiger partial charge is 0.281 e. The number of nitrogens with one attached hydrogen (secondary N) is 1. The van der Waals surface area contributed by atoms with E-state index in [1.165, 1.54) is 57.1 Å². The van der Waals surface area contributed by atoms with Gasteiger partial charge >= 0.3 is 0 Å². The molecule has 0 aliphatic carbocycles. The third kappa shape index (κ3) is 4.09. The van der Waals surface area contributed by atoms with E-state index < -0.39 is 21.5 Å². The van der Waals surface area contributed by atoms with Crippen molar-refractivity contribution in [2.24, 2.45) is 0 Å². The van der Waals surface area contributed by atoms with Crippen molar-refractivity contribution in [1.82, 2.24) is 14.0 Å². The second-order valence-electron chi connectivity index (χ2n) is 7.59. The van der Waals surface area contributed by atoms with Crippen LogP contribution in [-0.4, -0.2) is 49.5 Å². The molecule has 0 aliphatic heterocycles. The van der Waals surface area contributed by atoms with Gasteiger partial charge < -0.3 is 4.74 Å². The van der Waals surface area contributed by atoms with Crippen molar-refractivity contribution in [3.8, 4) is 16.9 Å². The summed E-state index contributed by atoms with van der Waals surface area (Å²) in [6.45, 7) is 1.92. The molecule has 0 fully saturated rings. The molecule has 0 bridgehead atoms. The van der Waals surface area contributed by atoms with Crippen molar-refractivity contribution in [1.29, 1.82) is 0 Å². The molecule has 0 radical (unpaired) electrons. The Labute approximate surface area is 200 Å². The minimum Gasteiger partial charge on any atom is -0.495 e. The number of nitrogens with zero attached hydrogens (tertiary/aromatic N) is 3. The number of aromatic nitrogens is 2. The second kappa shape index (κ2) is 9.01. The van der Waals surface area contributed by atoms with Gasteiger partial charge in [-0.2, -0.15) is 0 Å². The number of hydrogen-bond donors (Lipinski definition) is 1. The number of benzene rings is 2. The van der Waals surface area contributed by atoms with Crippen molar-refractivity contribution >= 4 is 37.5 Å². The number of carbonyl (C=O) groups excluding carboxylic acids is 1. The van der Waals surface area contributed by atoms with Crippen LogP contribution in [0.25, 0.3) is 21.3 Å². The van der Waals surface area contributed by atoms with E-state index in [4.69, 9.17) is 4.74 Å². The Bertz CT molecular complexity index is 1560. The molecule has 4 aromatic rings. The highest BCUT2D eigenvalue weighted by atomic mass is 32.2. The van der Waals surface area contributed by atoms with Crippen LogP contribution in [0, 0.1) is 6.92 Å². The molecule has 9 nitrogen and oxygen atoms in total. The number of sulfonamides is 1. The van der Waals surface area contributed by atoms with Crippen molar-refractivity contribution in [2.75, 3.05) is 26.6 Å². The first kappa shape index (κ1) is 23.6. The highest BCUT2D eigenvalue weighted by Gasteiger charge is 2.24. The van der Waals surface area contributed by atoms with Crippen molar-refractivity contribution in [3.63, 3.8) is 0 Å². The van der Waals surface area contributed by atoms with Crippen molar-refractivity contribution in [2.45, 2.75) is 11.8 Å². The van der Waals surface area contributed by atoms with Gasteiger partial charge in [-0.3, -0.25) is 15.0 Å². The topological polar surface area (TPSA) is 111 Å². The Morgan fingerprint density at radius 2 is 1.85 bits per heavy atom. The summed E-state index contributed by atoms with van der Waals surface area (Å²) >= 11 is 1.40. The van der Waals surface area contributed by atoms with Gasteiger partial charge in [0.25, 0.3) is 11.5 Å². The van der Waals surface area contributed by atoms with Gasteiger partial charge in [-0.15, -0.1) is 11.3 Å². The van der Waals surface area contributed by atoms with Gasteiger partial charge in [0.2, 0.25) is 10.0 Å². The second-order valence-corrected chi connectivity index (χ2v) is 10.9. The highest BCUT2D eigenvalue weighted by Crippen LogP contribution is 2.35. The maximum absolute atomic E-state index is 13.3. The summed E-state index contributed by atoms with van der Waals surface area (Å²) in [4.78, 5) is 32.0. The van der Waals surface area contributed by atoms with Crippen LogP contribution in [0.5, 0.6) is 5.75 Å². The lowest BCUT2D eigenvalue weighted by molar-refractivity contribution is 0.101. The molecule has 176 valence electrons. The molecule has 11 heteroatoms. The first-order chi connectivity index (χ1) is 16.1. The summed E-state index contributed by atoms with van der Waals surface area (Å²) in [5.74, 6) is -0.568. The minimum absolute atomic E-state index is 0.0398. The van der Waals surface area contributed by atoms with E-state index in [0.717, 1.165) is 25.0 Å². The van der Waals surface area contributed by atoms with Crippen molar-refractivity contribution < 1.29 is 17.9 Å². The number of aryl methyl sites for hydroxylation is 1. The molecule has 4 rings (SSSR count). The Balaban J connectivity index is 1.76. The summed E-state index contributed by atoms with van der Waals surface area (Å²) in [7, 11) is 0.243. The van der Waals surface area contributed by atoms with Crippen LogP contribution in [0.2, 0.25) is 0 Å². The molecule has 0 saturated carbocycles. The van der Waals surface area contributed by atoms with Gasteiger partial charge in [0.05, 0.1) is 12.5 Å². The molecule has 34 heavy (non-hydrogen) atoms. The SMILES string of the molecule is COc1ccc(C(=O)Nn2cnc3sc(C)c(-c4ccccc4)c3c2=O)cc1S(=O)(=O)N(C)C. The zero-order chi connectivity index (χ0) is 24.6. The molecule has 1 N–H and O–H groups in total. The molecule has 2 aromatic carbocycles. The Morgan fingerprint density at radius 1 is 1.15 bits per heavy atom. The van der Waals surface area contributed by atoms with E-state index in [1.807, 2.05) is 37.3 Å². The number of thiophene rings is 1. The maximum Gasteiger partial charge on any atom is 0.281 e. The quantitative estimate of drug-likeness (QED) is 0.437. The number of carbonyl (C=O) groups is 1. The highest BCUT2D eigenvalue weighted by molar-refractivity contribution is 7.89. The molecule has 0 atom stereocenters. The lowest BCUT2D eigenvalue weighted by atomic mass is 10.0. The molecular weight excluding hydrogens is 476 g/mol. The lowest BCUT2D eigenvalue weighted by Crippen LogP contribution is -2.33. The number of amides is 1. The van der Waals surface area contributed by atoms with Crippen LogP contribution < -0.4 is 15.7 Å². The summed E-state index contributed by atoms with van der Waals surface area (Å²) < 4.78 is 32.5. The average Bonchev–Trinajstić information content (AvgIpc) is 3.17. The summed E-state index contributed by atoms with van der Waals surface area (Å²) in [5.41, 5.74) is 3.76. The standard InChI is InChI=1S/C23H22N4O5S2/c1-14-19(15-8-6-5-7-9-15)20-22(33-14)24-13-27(23(20)29)25-21(28)16-10-11-17(32-4)18(12-16)34(30,31)26(2)3/h5-13H,1-4H3,(H,25,28). The number of hydrogen-bond acceptors (Lipinski definition) is 7. The third-order valence-electron chi connectivity index (χ3n) is 5.26. The van der Waals surface area contributed by atoms with Crippen LogP contribution in [-0.2, 0) is 10.0 Å². The van der Waals surface area contributed by atoms with Crippen LogP contribution in [0.4, 0.5) is 0 Å². The van der Waals surface area contributed by atoms with E-state index in [0.29, 0.717) is 10.2 Å². The molecule has 1 amide bonds. The number of rotatable bonds is 6. The zero-order valence-electron chi connectivity index (χ0n) is 18.9. The normalized spacial score (nSPS) is 11.7. The summed E-state index contributed by atoms with van der Waals surface area (Å²) in [6, 6.07) is 13.5. The molecule has 0 spiro atoms. The number of ether oxygens (including phenoxy) is 1. The van der Waals surface area contributed by atoms with Gasteiger partial charge in [-0.1, -0.05) is 30.3 Å². The Hall–Kier alpha value is -3.54. The van der Waals surface area contributed by atoms with Gasteiger partial charge in [0.1, 0.15) is 21.8 Å². The van der Waals surface area contributed by atoms with Gasteiger partial charge in [-0.05, 0) is 30.7 Å². The van der Waals surface area contributed by atoms with E-state index >= 15 is 0 Å². The number of fused-ring (bicyclic) bond motifs is 1. The Kier molecular flexibility index (Phi) is 6.26. The first-order valence-electron chi connectivity index (χ1n) is 10.1. The Morgan fingerprint density at radius 3 is 2.50 bits per heavy atom. The van der Waals surface area contributed by atoms with E-state index in [9.17, 15) is 18.0 Å². The molecular formula is C23H22N4O5S2. The predicted molar refractivity (Wildman–Crippen MR) is 132 cm³/mol. The third-order valence-corrected chi connectivity index (χ3v) is 8.11. The molecule has 0 saturated heterocycles. The first-order valence-corrected chi connectivity index (χ1v) is 12.4. The van der Waals surface area contributed by atoms with Crippen LogP contribution >= 0.6 is 11.3 Å². The van der Waals surface area contributed by atoms with Gasteiger partial charge in [0, 0.05) is 30.1 Å². The van der Waals surface area contributed by atoms with Crippen LogP contribution in [0.3, 0.4) is 0 Å². The predicted octanol–water partition coefficient (Wildman–Crippen LogP) is 3.08. The molecule has 2 heterocycles. The fraction of sp³-hybridized carbons (Fsp3) is 0.174. The number of methoxy groups -OCH3 is 1. The fourth-order valence-electron chi connectivity index (χ4n) is 3.52. The van der Waals surface area contributed by atoms with Crippen molar-refractivity contribution in [3.05, 3.63) is 75.7 Å². The minimum atomic E-state index is -3.87. The van der Waals surface area contributed by atoms with Crippen LogP contribution in [0.15, 0.2) is 64.5 Å². The molecule has 0 unspecified atom stereocenters. The largest absolute Gasteiger partial charge is 0.495 e. The van der Waals surface area contributed by atoms with E-state index in [-0.39, 0.29) is 16.2 Å². The van der Waals surface area contributed by atoms with E-state index in [1.54, 1.807) is 0 Å². The monoisotopic (exact) mass is 498 g/mol. The van der Waals surface area contributed by atoms with Crippen LogP contribution in [0.1, 0.15) is 15.2 Å².